The largest absolute Gasteiger partial charge is 0.296 e. The zero-order chi connectivity index (χ0) is 22.7. The molecule has 3 aromatic carbocycles. The second-order valence-corrected chi connectivity index (χ2v) is 9.88. The molecule has 32 heavy (non-hydrogen) atoms. The standard InChI is InChI=1S/C22H17ClN4O3S2/c1-14-7-10-17(11-8-14)27-32(29,30)19-13-16(9-12-18(19)23)20(28)24-22-26-25-21(31-22)15-5-3-2-4-6-15/h2-13,27H,1H3,(H,24,26,28). The number of halogens is 1. The van der Waals surface area contributed by atoms with Crippen molar-refractivity contribution in [3.8, 4) is 10.6 Å². The first kappa shape index (κ1) is 21.9. The minimum absolute atomic E-state index is 0.00319. The van der Waals surface area contributed by atoms with E-state index in [1.165, 1.54) is 29.5 Å². The van der Waals surface area contributed by atoms with Crippen LogP contribution in [0, 0.1) is 6.92 Å². The third-order valence-corrected chi connectivity index (χ3v) is 7.20. The fraction of sp³-hybridized carbons (Fsp3) is 0.0455. The van der Waals surface area contributed by atoms with E-state index in [0.29, 0.717) is 15.8 Å². The molecule has 0 saturated heterocycles. The average Bonchev–Trinajstić information content (AvgIpc) is 3.24. The van der Waals surface area contributed by atoms with Crippen molar-refractivity contribution in [2.45, 2.75) is 11.8 Å². The highest BCUT2D eigenvalue weighted by Gasteiger charge is 2.21. The lowest BCUT2D eigenvalue weighted by atomic mass is 10.2. The topological polar surface area (TPSA) is 101 Å². The summed E-state index contributed by atoms with van der Waals surface area (Å²) >= 11 is 7.35. The molecule has 0 unspecified atom stereocenters. The van der Waals surface area contributed by atoms with E-state index in [1.54, 1.807) is 24.3 Å². The molecule has 0 spiro atoms. The van der Waals surface area contributed by atoms with Crippen molar-refractivity contribution in [2.24, 2.45) is 0 Å². The van der Waals surface area contributed by atoms with Crippen LogP contribution in [0.3, 0.4) is 0 Å². The number of anilines is 2. The monoisotopic (exact) mass is 484 g/mol. The number of nitrogens with one attached hydrogen (secondary N) is 2. The number of aryl methyl sites for hydroxylation is 1. The van der Waals surface area contributed by atoms with E-state index in [9.17, 15) is 13.2 Å². The van der Waals surface area contributed by atoms with Gasteiger partial charge in [0.2, 0.25) is 5.13 Å². The molecule has 0 aliphatic rings. The van der Waals surface area contributed by atoms with Gasteiger partial charge in [-0.15, -0.1) is 10.2 Å². The second kappa shape index (κ2) is 9.07. The van der Waals surface area contributed by atoms with Crippen LogP contribution in [0.1, 0.15) is 15.9 Å². The number of aromatic nitrogens is 2. The van der Waals surface area contributed by atoms with E-state index in [2.05, 4.69) is 20.2 Å². The van der Waals surface area contributed by atoms with Gasteiger partial charge >= 0.3 is 0 Å². The van der Waals surface area contributed by atoms with Crippen LogP contribution in [-0.2, 0) is 10.0 Å². The summed E-state index contributed by atoms with van der Waals surface area (Å²) in [4.78, 5) is 12.5. The third-order valence-electron chi connectivity index (χ3n) is 4.45. The Kier molecular flexibility index (Phi) is 6.22. The first-order valence-corrected chi connectivity index (χ1v) is 12.1. The molecule has 0 saturated carbocycles. The van der Waals surface area contributed by atoms with Crippen LogP contribution in [0.5, 0.6) is 0 Å². The molecule has 4 aromatic rings. The van der Waals surface area contributed by atoms with Crippen molar-refractivity contribution < 1.29 is 13.2 Å². The van der Waals surface area contributed by atoms with Crippen LogP contribution >= 0.6 is 22.9 Å². The average molecular weight is 485 g/mol. The number of carbonyl (C=O) groups excluding carboxylic acids is 1. The zero-order valence-electron chi connectivity index (χ0n) is 16.7. The highest BCUT2D eigenvalue weighted by atomic mass is 35.5. The minimum atomic E-state index is -4.00. The van der Waals surface area contributed by atoms with Gasteiger partial charge in [-0.1, -0.05) is 71.0 Å². The molecule has 0 aliphatic carbocycles. The summed E-state index contributed by atoms with van der Waals surface area (Å²) in [7, 11) is -4.00. The quantitative estimate of drug-likeness (QED) is 0.390. The summed E-state index contributed by atoms with van der Waals surface area (Å²) in [6.07, 6.45) is 0. The Morgan fingerprint density at radius 3 is 2.41 bits per heavy atom. The highest BCUT2D eigenvalue weighted by molar-refractivity contribution is 7.92. The Bertz CT molecular complexity index is 1370. The molecule has 0 bridgehead atoms. The predicted octanol–water partition coefficient (Wildman–Crippen LogP) is 5.22. The lowest BCUT2D eigenvalue weighted by molar-refractivity contribution is 0.102. The van der Waals surface area contributed by atoms with Gasteiger partial charge in [-0.05, 0) is 37.3 Å². The lowest BCUT2D eigenvalue weighted by Crippen LogP contribution is -2.16. The van der Waals surface area contributed by atoms with Crippen LogP contribution in [0.15, 0.2) is 77.7 Å². The number of amides is 1. The van der Waals surface area contributed by atoms with Gasteiger partial charge in [-0.3, -0.25) is 14.8 Å². The van der Waals surface area contributed by atoms with Gasteiger partial charge in [0, 0.05) is 16.8 Å². The fourth-order valence-corrected chi connectivity index (χ4v) is 5.15. The number of rotatable bonds is 6. The van der Waals surface area contributed by atoms with Gasteiger partial charge in [-0.2, -0.15) is 0 Å². The summed E-state index contributed by atoms with van der Waals surface area (Å²) in [5.74, 6) is -0.524. The lowest BCUT2D eigenvalue weighted by Gasteiger charge is -2.11. The summed E-state index contributed by atoms with van der Waals surface area (Å²) in [5.41, 5.74) is 2.39. The number of hydrogen-bond acceptors (Lipinski definition) is 6. The molecule has 4 rings (SSSR count). The van der Waals surface area contributed by atoms with Crippen LogP contribution in [-0.4, -0.2) is 24.5 Å². The molecule has 0 atom stereocenters. The van der Waals surface area contributed by atoms with Crippen LogP contribution in [0.2, 0.25) is 5.02 Å². The minimum Gasteiger partial charge on any atom is -0.296 e. The van der Waals surface area contributed by atoms with Gasteiger partial charge in [0.1, 0.15) is 9.90 Å². The first-order valence-electron chi connectivity index (χ1n) is 9.41. The fourth-order valence-electron chi connectivity index (χ4n) is 2.82. The van der Waals surface area contributed by atoms with Gasteiger partial charge in [0.25, 0.3) is 15.9 Å². The number of nitrogens with zero attached hydrogens (tertiary/aromatic N) is 2. The smallest absolute Gasteiger partial charge is 0.263 e. The Morgan fingerprint density at radius 2 is 1.69 bits per heavy atom. The Morgan fingerprint density at radius 1 is 0.969 bits per heavy atom. The van der Waals surface area contributed by atoms with Crippen molar-refractivity contribution in [2.75, 3.05) is 10.0 Å². The molecule has 0 aliphatic heterocycles. The maximum atomic E-state index is 12.9. The van der Waals surface area contributed by atoms with E-state index in [4.69, 9.17) is 11.6 Å². The second-order valence-electron chi connectivity index (χ2n) is 6.85. The van der Waals surface area contributed by atoms with Crippen molar-refractivity contribution in [1.82, 2.24) is 10.2 Å². The maximum Gasteiger partial charge on any atom is 0.263 e. The molecule has 162 valence electrons. The number of benzene rings is 3. The molecule has 0 radical (unpaired) electrons. The number of hydrogen-bond donors (Lipinski definition) is 2. The van der Waals surface area contributed by atoms with Gasteiger partial charge in [-0.25, -0.2) is 8.42 Å². The normalized spacial score (nSPS) is 11.2. The van der Waals surface area contributed by atoms with Crippen LogP contribution < -0.4 is 10.0 Å². The highest BCUT2D eigenvalue weighted by Crippen LogP contribution is 2.28. The SMILES string of the molecule is Cc1ccc(NS(=O)(=O)c2cc(C(=O)Nc3nnc(-c4ccccc4)s3)ccc2Cl)cc1. The van der Waals surface area contributed by atoms with Crippen molar-refractivity contribution in [1.29, 1.82) is 0 Å². The number of sulfonamides is 1. The molecule has 1 aromatic heterocycles. The molecule has 2 N–H and O–H groups in total. The van der Waals surface area contributed by atoms with Gasteiger partial charge in [0.05, 0.1) is 5.02 Å². The van der Waals surface area contributed by atoms with Crippen molar-refractivity contribution in [3.05, 3.63) is 88.9 Å². The van der Waals surface area contributed by atoms with Gasteiger partial charge in [0.15, 0.2) is 0 Å². The van der Waals surface area contributed by atoms with E-state index in [1.807, 2.05) is 37.3 Å². The third kappa shape index (κ3) is 4.96. The number of carbonyl (C=O) groups is 1. The van der Waals surface area contributed by atoms with Gasteiger partial charge < -0.3 is 0 Å². The Labute approximate surface area is 194 Å². The molecule has 10 heteroatoms. The summed E-state index contributed by atoms with van der Waals surface area (Å²) in [6, 6.07) is 20.4. The molecule has 0 fully saturated rings. The Balaban J connectivity index is 1.55. The van der Waals surface area contributed by atoms with Crippen molar-refractivity contribution >= 4 is 49.7 Å². The van der Waals surface area contributed by atoms with E-state index < -0.39 is 15.9 Å². The van der Waals surface area contributed by atoms with E-state index >= 15 is 0 Å². The summed E-state index contributed by atoms with van der Waals surface area (Å²) in [6.45, 7) is 1.90. The maximum absolute atomic E-state index is 12.9. The van der Waals surface area contributed by atoms with E-state index in [-0.39, 0.29) is 15.5 Å². The predicted molar refractivity (Wildman–Crippen MR) is 127 cm³/mol. The molecule has 1 amide bonds. The molecule has 1 heterocycles. The first-order chi connectivity index (χ1) is 15.3. The van der Waals surface area contributed by atoms with Crippen LogP contribution in [0.4, 0.5) is 10.8 Å². The van der Waals surface area contributed by atoms with E-state index in [0.717, 1.165) is 11.1 Å². The van der Waals surface area contributed by atoms with Crippen molar-refractivity contribution in [3.63, 3.8) is 0 Å². The molecular formula is C22H17ClN4O3S2. The summed E-state index contributed by atoms with van der Waals surface area (Å²) in [5, 5.41) is 11.7. The zero-order valence-corrected chi connectivity index (χ0v) is 19.1. The molecule has 7 nitrogen and oxygen atoms in total. The molecular weight excluding hydrogens is 468 g/mol. The van der Waals surface area contributed by atoms with Crippen LogP contribution in [0.25, 0.3) is 10.6 Å². The summed E-state index contributed by atoms with van der Waals surface area (Å²) < 4.78 is 28.2. The Hall–Kier alpha value is -3.27.